The van der Waals surface area contributed by atoms with Gasteiger partial charge in [0.1, 0.15) is 0 Å². The lowest BCUT2D eigenvalue weighted by Gasteiger charge is -2.16. The maximum Gasteiger partial charge on any atom is 0.228 e. The second kappa shape index (κ2) is 6.71. The molecule has 3 aliphatic carbocycles. The van der Waals surface area contributed by atoms with E-state index < -0.39 is 0 Å². The number of halogens is 1. The van der Waals surface area contributed by atoms with Crippen molar-refractivity contribution in [3.63, 3.8) is 0 Å². The Morgan fingerprint density at radius 1 is 1.08 bits per heavy atom. The summed E-state index contributed by atoms with van der Waals surface area (Å²) < 4.78 is 0. The molecule has 5 nitrogen and oxygen atoms in total. The van der Waals surface area contributed by atoms with Gasteiger partial charge >= 0.3 is 0 Å². The van der Waals surface area contributed by atoms with Crippen LogP contribution in [0.25, 0.3) is 5.57 Å². The molecule has 0 bridgehead atoms. The molecule has 1 aromatic heterocycles. The summed E-state index contributed by atoms with van der Waals surface area (Å²) in [6, 6.07) is 0.409. The van der Waals surface area contributed by atoms with Gasteiger partial charge in [0, 0.05) is 17.6 Å². The number of aromatic nitrogens is 3. The molecule has 0 unspecified atom stereocenters. The first kappa shape index (κ1) is 15.9. The first-order valence-corrected chi connectivity index (χ1v) is 9.37. The van der Waals surface area contributed by atoms with Crippen LogP contribution in [0.4, 0.5) is 11.9 Å². The fourth-order valence-corrected chi connectivity index (χ4v) is 3.09. The normalized spacial score (nSPS) is 21.8. The summed E-state index contributed by atoms with van der Waals surface area (Å²) in [7, 11) is 0. The van der Waals surface area contributed by atoms with Crippen LogP contribution in [0.3, 0.4) is 0 Å². The molecule has 1 atom stereocenters. The molecule has 0 saturated heterocycles. The third-order valence-electron chi connectivity index (χ3n) is 4.95. The van der Waals surface area contributed by atoms with Gasteiger partial charge in [-0.05, 0) is 68.9 Å². The number of allylic oxidation sites excluding steroid dienone is 4. The van der Waals surface area contributed by atoms with Gasteiger partial charge in [-0.2, -0.15) is 15.0 Å². The third-order valence-corrected chi connectivity index (χ3v) is 5.27. The average molecular weight is 346 g/mol. The minimum absolute atomic E-state index is 0.409. The van der Waals surface area contributed by atoms with Crippen LogP contribution in [0.5, 0.6) is 0 Å². The average Bonchev–Trinajstić information content (AvgIpc) is 3.47. The van der Waals surface area contributed by atoms with E-state index in [0.29, 0.717) is 17.9 Å². The van der Waals surface area contributed by atoms with Crippen LogP contribution in [-0.2, 0) is 0 Å². The van der Waals surface area contributed by atoms with Crippen molar-refractivity contribution in [3.8, 4) is 0 Å². The standard InChI is InChI=1S/C18H24ClN5/c1-11(13-4-5-13)21-18-23-16(14-6-8-15(19)9-7-14)22-17(24-18)20-10-12-2-3-12/h6,8,11-13H,2-5,7,9-10H2,1H3,(H2,20,21,22,23,24)/t11-/m1/s1. The maximum atomic E-state index is 6.07. The predicted octanol–water partition coefficient (Wildman–Crippen LogP) is 4.20. The van der Waals surface area contributed by atoms with Crippen LogP contribution < -0.4 is 10.6 Å². The smallest absolute Gasteiger partial charge is 0.228 e. The summed E-state index contributed by atoms with van der Waals surface area (Å²) in [6.07, 6.45) is 10.9. The van der Waals surface area contributed by atoms with Crippen LogP contribution in [0, 0.1) is 11.8 Å². The Kier molecular flexibility index (Phi) is 4.44. The summed E-state index contributed by atoms with van der Waals surface area (Å²) in [5.74, 6) is 3.65. The minimum Gasteiger partial charge on any atom is -0.354 e. The van der Waals surface area contributed by atoms with Crippen LogP contribution in [0.15, 0.2) is 17.2 Å². The number of nitrogens with zero attached hydrogens (tertiary/aromatic N) is 3. The highest BCUT2D eigenvalue weighted by atomic mass is 35.5. The quantitative estimate of drug-likeness (QED) is 0.775. The minimum atomic E-state index is 0.409. The van der Waals surface area contributed by atoms with Gasteiger partial charge in [0.05, 0.1) is 0 Å². The maximum absolute atomic E-state index is 6.07. The van der Waals surface area contributed by atoms with Crippen LogP contribution in [-0.4, -0.2) is 27.5 Å². The zero-order valence-corrected chi connectivity index (χ0v) is 14.8. The Balaban J connectivity index is 1.56. The van der Waals surface area contributed by atoms with Gasteiger partial charge in [-0.3, -0.25) is 0 Å². The van der Waals surface area contributed by atoms with E-state index in [-0.39, 0.29) is 0 Å². The molecule has 24 heavy (non-hydrogen) atoms. The lowest BCUT2D eigenvalue weighted by atomic mass is 10.0. The summed E-state index contributed by atoms with van der Waals surface area (Å²) in [6.45, 7) is 3.16. The van der Waals surface area contributed by atoms with Gasteiger partial charge in [-0.1, -0.05) is 17.7 Å². The fraction of sp³-hybridized carbons (Fsp3) is 0.611. The summed E-state index contributed by atoms with van der Waals surface area (Å²) in [4.78, 5) is 13.9. The Morgan fingerprint density at radius 2 is 1.88 bits per heavy atom. The predicted molar refractivity (Wildman–Crippen MR) is 98.0 cm³/mol. The van der Waals surface area contributed by atoms with Crippen LogP contribution in [0.1, 0.15) is 51.3 Å². The van der Waals surface area contributed by atoms with Crippen molar-refractivity contribution in [2.75, 3.05) is 17.2 Å². The second-order valence-corrected chi connectivity index (χ2v) is 7.69. The largest absolute Gasteiger partial charge is 0.354 e. The number of rotatable bonds is 7. The fourth-order valence-electron chi connectivity index (χ4n) is 2.94. The van der Waals surface area contributed by atoms with Crippen LogP contribution in [0.2, 0.25) is 0 Å². The van der Waals surface area contributed by atoms with E-state index in [4.69, 9.17) is 11.6 Å². The molecule has 0 aliphatic heterocycles. The van der Waals surface area contributed by atoms with Gasteiger partial charge in [0.15, 0.2) is 5.82 Å². The van der Waals surface area contributed by atoms with E-state index in [2.05, 4.69) is 32.5 Å². The van der Waals surface area contributed by atoms with Crippen molar-refractivity contribution < 1.29 is 0 Å². The zero-order chi connectivity index (χ0) is 16.5. The highest BCUT2D eigenvalue weighted by Crippen LogP contribution is 2.34. The second-order valence-electron chi connectivity index (χ2n) is 7.21. The highest BCUT2D eigenvalue weighted by Gasteiger charge is 2.28. The lowest BCUT2D eigenvalue weighted by Crippen LogP contribution is -2.21. The number of hydrogen-bond donors (Lipinski definition) is 2. The Morgan fingerprint density at radius 3 is 2.54 bits per heavy atom. The van der Waals surface area contributed by atoms with E-state index in [9.17, 15) is 0 Å². The molecule has 128 valence electrons. The van der Waals surface area contributed by atoms with Crippen molar-refractivity contribution in [1.82, 2.24) is 15.0 Å². The van der Waals surface area contributed by atoms with Crippen molar-refractivity contribution in [2.24, 2.45) is 11.8 Å². The molecule has 0 radical (unpaired) electrons. The first-order chi connectivity index (χ1) is 11.7. The van der Waals surface area contributed by atoms with E-state index >= 15 is 0 Å². The molecule has 1 heterocycles. The van der Waals surface area contributed by atoms with E-state index in [1.807, 2.05) is 12.2 Å². The van der Waals surface area contributed by atoms with Gasteiger partial charge in [-0.15, -0.1) is 0 Å². The van der Waals surface area contributed by atoms with Crippen LogP contribution >= 0.6 is 11.6 Å². The molecule has 1 aromatic rings. The van der Waals surface area contributed by atoms with Gasteiger partial charge in [0.25, 0.3) is 0 Å². The number of hydrogen-bond acceptors (Lipinski definition) is 5. The van der Waals surface area contributed by atoms with Crippen molar-refractivity contribution >= 4 is 29.1 Å². The molecular weight excluding hydrogens is 322 g/mol. The molecule has 3 aliphatic rings. The molecule has 2 N–H and O–H groups in total. The van der Waals surface area contributed by atoms with Gasteiger partial charge in [0.2, 0.25) is 11.9 Å². The topological polar surface area (TPSA) is 62.7 Å². The Labute approximate surface area is 148 Å². The van der Waals surface area contributed by atoms with Crippen molar-refractivity contribution in [2.45, 2.75) is 51.5 Å². The van der Waals surface area contributed by atoms with Crippen molar-refractivity contribution in [1.29, 1.82) is 0 Å². The third kappa shape index (κ3) is 4.07. The Hall–Kier alpha value is -1.62. The SMILES string of the molecule is C[C@@H](Nc1nc(NCC2CC2)nc(C2=CC=C(Cl)CC2)n1)C1CC1. The van der Waals surface area contributed by atoms with Gasteiger partial charge < -0.3 is 10.6 Å². The Bertz CT molecular complexity index is 676. The highest BCUT2D eigenvalue weighted by molar-refractivity contribution is 6.29. The molecule has 2 saturated carbocycles. The lowest BCUT2D eigenvalue weighted by molar-refractivity contribution is 0.684. The number of nitrogens with one attached hydrogen (secondary N) is 2. The monoisotopic (exact) mass is 345 g/mol. The summed E-state index contributed by atoms with van der Waals surface area (Å²) >= 11 is 6.07. The summed E-state index contributed by atoms with van der Waals surface area (Å²) in [5, 5.41) is 7.74. The van der Waals surface area contributed by atoms with Crippen molar-refractivity contribution in [3.05, 3.63) is 23.0 Å². The molecule has 2 fully saturated rings. The zero-order valence-electron chi connectivity index (χ0n) is 14.1. The van der Waals surface area contributed by atoms with Gasteiger partial charge in [-0.25, -0.2) is 0 Å². The molecule has 0 spiro atoms. The van der Waals surface area contributed by atoms with E-state index in [1.165, 1.54) is 25.7 Å². The summed E-state index contributed by atoms with van der Waals surface area (Å²) in [5.41, 5.74) is 1.12. The first-order valence-electron chi connectivity index (χ1n) is 8.99. The molecular formula is C18H24ClN5. The van der Waals surface area contributed by atoms with E-state index in [1.54, 1.807) is 0 Å². The molecule has 6 heteroatoms. The molecule has 0 amide bonds. The number of anilines is 2. The van der Waals surface area contributed by atoms with E-state index in [0.717, 1.165) is 47.7 Å². The molecule has 4 rings (SSSR count). The molecule has 0 aromatic carbocycles.